The van der Waals surface area contributed by atoms with Crippen LogP contribution in [0.15, 0.2) is 33.5 Å². The summed E-state index contributed by atoms with van der Waals surface area (Å²) in [6.45, 7) is 0.0510. The van der Waals surface area contributed by atoms with Crippen molar-refractivity contribution in [2.75, 3.05) is 0 Å². The van der Waals surface area contributed by atoms with E-state index in [4.69, 9.17) is 20.4 Å². The van der Waals surface area contributed by atoms with Gasteiger partial charge < -0.3 is 20.4 Å². The second kappa shape index (κ2) is 5.13. The maximum Gasteiger partial charge on any atom is 0.293 e. The Balaban J connectivity index is 2.01. The van der Waals surface area contributed by atoms with E-state index in [-0.39, 0.29) is 29.6 Å². The molecule has 0 aromatic carbocycles. The number of primary amides is 1. The number of rotatable bonds is 4. The highest BCUT2D eigenvalue weighted by Crippen LogP contribution is 2.21. The van der Waals surface area contributed by atoms with Gasteiger partial charge in [-0.25, -0.2) is 4.98 Å². The highest BCUT2D eigenvalue weighted by Gasteiger charge is 2.17. The summed E-state index contributed by atoms with van der Waals surface area (Å²) >= 11 is 0. The molecule has 3 aromatic heterocycles. The zero-order valence-corrected chi connectivity index (χ0v) is 10.7. The Morgan fingerprint density at radius 2 is 2.19 bits per heavy atom. The lowest BCUT2D eigenvalue weighted by atomic mass is 10.2. The lowest BCUT2D eigenvalue weighted by molar-refractivity contribution is 0.0994. The van der Waals surface area contributed by atoms with Crippen LogP contribution in [0.4, 0.5) is 0 Å². The maximum atomic E-state index is 11.3. The Morgan fingerprint density at radius 3 is 2.86 bits per heavy atom. The monoisotopic (exact) mass is 286 g/mol. The van der Waals surface area contributed by atoms with Gasteiger partial charge in [0.2, 0.25) is 5.82 Å². The number of carbonyl (C=O) groups is 1. The Labute approximate surface area is 118 Å². The second-order valence-corrected chi connectivity index (χ2v) is 4.02. The highest BCUT2D eigenvalue weighted by atomic mass is 16.5. The summed E-state index contributed by atoms with van der Waals surface area (Å²) in [6.07, 6.45) is 2.88. The van der Waals surface area contributed by atoms with Crippen molar-refractivity contribution < 1.29 is 13.7 Å². The number of hydrogen-bond acceptors (Lipinski definition) is 8. The van der Waals surface area contributed by atoms with Crippen molar-refractivity contribution in [3.63, 3.8) is 0 Å². The van der Waals surface area contributed by atoms with Gasteiger partial charge in [0.25, 0.3) is 11.8 Å². The SMILES string of the molecule is NCc1ncc(-c2noc(-c3ccco3)n2)nc1C(N)=O. The first-order chi connectivity index (χ1) is 10.2. The average Bonchev–Trinajstić information content (AvgIpc) is 3.17. The zero-order chi connectivity index (χ0) is 14.8. The molecule has 0 aliphatic rings. The van der Waals surface area contributed by atoms with E-state index in [0.717, 1.165) is 0 Å². The fraction of sp³-hybridized carbons (Fsp3) is 0.0833. The van der Waals surface area contributed by atoms with Crippen LogP contribution < -0.4 is 11.5 Å². The normalized spacial score (nSPS) is 10.7. The van der Waals surface area contributed by atoms with Gasteiger partial charge in [0.1, 0.15) is 5.69 Å². The van der Waals surface area contributed by atoms with E-state index in [1.54, 1.807) is 12.1 Å². The fourth-order valence-corrected chi connectivity index (χ4v) is 1.70. The number of nitrogens with zero attached hydrogens (tertiary/aromatic N) is 4. The maximum absolute atomic E-state index is 11.3. The van der Waals surface area contributed by atoms with Gasteiger partial charge in [0, 0.05) is 6.54 Å². The number of amides is 1. The molecule has 0 saturated heterocycles. The van der Waals surface area contributed by atoms with Gasteiger partial charge >= 0.3 is 0 Å². The molecule has 0 fully saturated rings. The predicted molar refractivity (Wildman–Crippen MR) is 69.4 cm³/mol. The second-order valence-electron chi connectivity index (χ2n) is 4.02. The molecule has 4 N–H and O–H groups in total. The van der Waals surface area contributed by atoms with E-state index in [9.17, 15) is 4.79 Å². The van der Waals surface area contributed by atoms with Crippen molar-refractivity contribution in [1.29, 1.82) is 0 Å². The van der Waals surface area contributed by atoms with E-state index < -0.39 is 5.91 Å². The first kappa shape index (κ1) is 12.9. The average molecular weight is 286 g/mol. The molecule has 0 aliphatic heterocycles. The van der Waals surface area contributed by atoms with Crippen LogP contribution in [-0.4, -0.2) is 26.0 Å². The van der Waals surface area contributed by atoms with Gasteiger partial charge in [-0.05, 0) is 12.1 Å². The van der Waals surface area contributed by atoms with Gasteiger partial charge in [0.15, 0.2) is 11.5 Å². The van der Waals surface area contributed by atoms with Crippen LogP contribution in [0.3, 0.4) is 0 Å². The minimum Gasteiger partial charge on any atom is -0.459 e. The Bertz CT molecular complexity index is 780. The largest absolute Gasteiger partial charge is 0.459 e. The number of nitrogens with two attached hydrogens (primary N) is 2. The summed E-state index contributed by atoms with van der Waals surface area (Å²) in [5.41, 5.74) is 11.3. The standard InChI is InChI=1S/C12H10N6O3/c13-4-6-9(10(14)19)16-7(5-15-6)11-17-12(21-18-11)8-2-1-3-20-8/h1-3,5H,4,13H2,(H2,14,19). The topological polar surface area (TPSA) is 147 Å². The van der Waals surface area contributed by atoms with Gasteiger partial charge in [0.05, 0.1) is 18.2 Å². The van der Waals surface area contributed by atoms with Crippen molar-refractivity contribution in [3.05, 3.63) is 36.0 Å². The lowest BCUT2D eigenvalue weighted by Crippen LogP contribution is -2.19. The molecule has 0 saturated carbocycles. The number of furan rings is 1. The fourth-order valence-electron chi connectivity index (χ4n) is 1.70. The van der Waals surface area contributed by atoms with Gasteiger partial charge in [-0.2, -0.15) is 4.98 Å². The molecule has 9 nitrogen and oxygen atoms in total. The lowest BCUT2D eigenvalue weighted by Gasteiger charge is -2.03. The summed E-state index contributed by atoms with van der Waals surface area (Å²) in [7, 11) is 0. The molecule has 106 valence electrons. The van der Waals surface area contributed by atoms with Crippen molar-refractivity contribution in [2.45, 2.75) is 6.54 Å². The van der Waals surface area contributed by atoms with Crippen LogP contribution in [0.2, 0.25) is 0 Å². The van der Waals surface area contributed by atoms with Crippen LogP contribution in [-0.2, 0) is 6.54 Å². The first-order valence-corrected chi connectivity index (χ1v) is 5.92. The molecule has 0 aliphatic carbocycles. The molecule has 0 spiro atoms. The van der Waals surface area contributed by atoms with E-state index in [1.807, 2.05) is 0 Å². The Hall–Kier alpha value is -3.07. The predicted octanol–water partition coefficient (Wildman–Crippen LogP) is 0.344. The molecular weight excluding hydrogens is 276 g/mol. The third-order valence-corrected chi connectivity index (χ3v) is 2.66. The molecule has 9 heteroatoms. The summed E-state index contributed by atoms with van der Waals surface area (Å²) < 4.78 is 10.2. The van der Waals surface area contributed by atoms with Crippen molar-refractivity contribution in [2.24, 2.45) is 11.5 Å². The van der Waals surface area contributed by atoms with E-state index in [0.29, 0.717) is 11.5 Å². The third kappa shape index (κ3) is 2.37. The first-order valence-electron chi connectivity index (χ1n) is 5.92. The number of aromatic nitrogens is 4. The molecule has 0 radical (unpaired) electrons. The number of hydrogen-bond donors (Lipinski definition) is 2. The minimum absolute atomic E-state index is 0.0145. The summed E-state index contributed by atoms with van der Waals surface area (Å²) in [5, 5.41) is 3.77. The van der Waals surface area contributed by atoms with Crippen LogP contribution in [0.25, 0.3) is 23.2 Å². The molecule has 0 unspecified atom stereocenters. The molecule has 0 bridgehead atoms. The molecule has 1 amide bonds. The Kier molecular flexibility index (Phi) is 3.16. The quantitative estimate of drug-likeness (QED) is 0.697. The van der Waals surface area contributed by atoms with Gasteiger partial charge in [-0.15, -0.1) is 0 Å². The van der Waals surface area contributed by atoms with E-state index in [2.05, 4.69) is 20.1 Å². The number of carbonyl (C=O) groups excluding carboxylic acids is 1. The molecule has 3 heterocycles. The van der Waals surface area contributed by atoms with Crippen molar-refractivity contribution >= 4 is 5.91 Å². The van der Waals surface area contributed by atoms with Crippen molar-refractivity contribution in [3.8, 4) is 23.2 Å². The molecule has 0 atom stereocenters. The van der Waals surface area contributed by atoms with Gasteiger partial charge in [-0.3, -0.25) is 9.78 Å². The summed E-state index contributed by atoms with van der Waals surface area (Å²) in [6, 6.07) is 3.37. The third-order valence-electron chi connectivity index (χ3n) is 2.66. The van der Waals surface area contributed by atoms with E-state index in [1.165, 1.54) is 12.5 Å². The van der Waals surface area contributed by atoms with Crippen LogP contribution in [0.5, 0.6) is 0 Å². The van der Waals surface area contributed by atoms with E-state index >= 15 is 0 Å². The van der Waals surface area contributed by atoms with Crippen LogP contribution in [0, 0.1) is 0 Å². The highest BCUT2D eigenvalue weighted by molar-refractivity contribution is 5.92. The van der Waals surface area contributed by atoms with Crippen LogP contribution in [0.1, 0.15) is 16.2 Å². The molecular formula is C12H10N6O3. The smallest absolute Gasteiger partial charge is 0.293 e. The summed E-state index contributed by atoms with van der Waals surface area (Å²) in [4.78, 5) is 23.6. The Morgan fingerprint density at radius 1 is 1.33 bits per heavy atom. The minimum atomic E-state index is -0.723. The molecule has 21 heavy (non-hydrogen) atoms. The summed E-state index contributed by atoms with van der Waals surface area (Å²) in [5.74, 6) is 0.0651. The van der Waals surface area contributed by atoms with Crippen LogP contribution >= 0.6 is 0 Å². The zero-order valence-electron chi connectivity index (χ0n) is 10.7. The van der Waals surface area contributed by atoms with Crippen molar-refractivity contribution in [1.82, 2.24) is 20.1 Å². The molecule has 3 rings (SSSR count). The molecule has 3 aromatic rings. The van der Waals surface area contributed by atoms with Gasteiger partial charge in [-0.1, -0.05) is 5.16 Å².